The molecule has 0 unspecified atom stereocenters. The Morgan fingerprint density at radius 1 is 1.75 bits per heavy atom. The highest BCUT2D eigenvalue weighted by molar-refractivity contribution is 5.80. The molecule has 1 atom stereocenters. The van der Waals surface area contributed by atoms with Crippen LogP contribution in [0.5, 0.6) is 0 Å². The maximum Gasteiger partial charge on any atom is 0.249 e. The van der Waals surface area contributed by atoms with Crippen LogP contribution in [0.3, 0.4) is 0 Å². The Labute approximate surface area is 72.8 Å². The maximum absolute atomic E-state index is 11.2. The Kier molecular flexibility index (Phi) is 3.80. The van der Waals surface area contributed by atoms with Crippen LogP contribution in [-0.4, -0.2) is 25.2 Å². The molecule has 0 aromatic heterocycles. The smallest absolute Gasteiger partial charge is 0.249 e. The molecule has 12 heavy (non-hydrogen) atoms. The van der Waals surface area contributed by atoms with Gasteiger partial charge in [0.2, 0.25) is 5.91 Å². The second-order valence-corrected chi connectivity index (χ2v) is 2.87. The van der Waals surface area contributed by atoms with E-state index in [2.05, 4.69) is 11.9 Å². The molecule has 0 aromatic rings. The number of rotatable bonds is 4. The van der Waals surface area contributed by atoms with Crippen LogP contribution in [0.2, 0.25) is 0 Å². The van der Waals surface area contributed by atoms with Crippen LogP contribution in [0.1, 0.15) is 19.3 Å². The van der Waals surface area contributed by atoms with Crippen molar-refractivity contribution in [1.82, 2.24) is 5.32 Å². The SMILES string of the molecule is C=CCCNC(=O)[C@H]1CCCO1. The van der Waals surface area contributed by atoms with Gasteiger partial charge in [-0.05, 0) is 19.3 Å². The van der Waals surface area contributed by atoms with Crippen LogP contribution < -0.4 is 5.32 Å². The van der Waals surface area contributed by atoms with E-state index < -0.39 is 0 Å². The van der Waals surface area contributed by atoms with Crippen LogP contribution in [0.25, 0.3) is 0 Å². The van der Waals surface area contributed by atoms with Crippen LogP contribution >= 0.6 is 0 Å². The van der Waals surface area contributed by atoms with E-state index in [-0.39, 0.29) is 12.0 Å². The fourth-order valence-corrected chi connectivity index (χ4v) is 1.20. The monoisotopic (exact) mass is 169 g/mol. The summed E-state index contributed by atoms with van der Waals surface area (Å²) in [6.07, 6.45) is 4.27. The highest BCUT2D eigenvalue weighted by Crippen LogP contribution is 2.11. The lowest BCUT2D eigenvalue weighted by atomic mass is 10.2. The van der Waals surface area contributed by atoms with Crippen LogP contribution in [-0.2, 0) is 9.53 Å². The first-order chi connectivity index (χ1) is 5.84. The molecular formula is C9H15NO2. The van der Waals surface area contributed by atoms with Gasteiger partial charge in [-0.25, -0.2) is 0 Å². The van der Waals surface area contributed by atoms with Crippen LogP contribution in [0.4, 0.5) is 0 Å². The molecule has 3 nitrogen and oxygen atoms in total. The molecule has 1 rings (SSSR count). The van der Waals surface area contributed by atoms with Gasteiger partial charge in [0.25, 0.3) is 0 Å². The Morgan fingerprint density at radius 2 is 2.58 bits per heavy atom. The van der Waals surface area contributed by atoms with Gasteiger partial charge >= 0.3 is 0 Å². The van der Waals surface area contributed by atoms with Gasteiger partial charge in [-0.15, -0.1) is 6.58 Å². The summed E-state index contributed by atoms with van der Waals surface area (Å²) in [4.78, 5) is 11.2. The van der Waals surface area contributed by atoms with E-state index in [0.29, 0.717) is 6.54 Å². The zero-order chi connectivity index (χ0) is 8.81. The van der Waals surface area contributed by atoms with Crippen molar-refractivity contribution in [3.05, 3.63) is 12.7 Å². The van der Waals surface area contributed by atoms with Crippen molar-refractivity contribution in [3.63, 3.8) is 0 Å². The van der Waals surface area contributed by atoms with Crippen LogP contribution in [0.15, 0.2) is 12.7 Å². The average molecular weight is 169 g/mol. The number of hydrogen-bond donors (Lipinski definition) is 1. The molecule has 0 saturated carbocycles. The van der Waals surface area contributed by atoms with E-state index >= 15 is 0 Å². The summed E-state index contributed by atoms with van der Waals surface area (Å²) in [6, 6.07) is 0. The Bertz CT molecular complexity index is 162. The van der Waals surface area contributed by atoms with Crippen LogP contribution in [0, 0.1) is 0 Å². The minimum Gasteiger partial charge on any atom is -0.368 e. The minimum atomic E-state index is -0.199. The van der Waals surface area contributed by atoms with Gasteiger partial charge in [-0.1, -0.05) is 6.08 Å². The second-order valence-electron chi connectivity index (χ2n) is 2.87. The van der Waals surface area contributed by atoms with Gasteiger partial charge in [-0.3, -0.25) is 4.79 Å². The zero-order valence-corrected chi connectivity index (χ0v) is 7.21. The third kappa shape index (κ3) is 2.66. The normalized spacial score (nSPS) is 22.2. The maximum atomic E-state index is 11.2. The van der Waals surface area contributed by atoms with Gasteiger partial charge in [0.15, 0.2) is 0 Å². The predicted octanol–water partition coefficient (Wildman–Crippen LogP) is 0.858. The molecule has 0 bridgehead atoms. The first-order valence-corrected chi connectivity index (χ1v) is 4.35. The highest BCUT2D eigenvalue weighted by Gasteiger charge is 2.22. The quantitative estimate of drug-likeness (QED) is 0.500. The fourth-order valence-electron chi connectivity index (χ4n) is 1.20. The summed E-state index contributed by atoms with van der Waals surface area (Å²) in [5.41, 5.74) is 0. The minimum absolute atomic E-state index is 0.0225. The van der Waals surface area contributed by atoms with E-state index in [4.69, 9.17) is 4.74 Å². The molecule has 1 aliphatic rings. The lowest BCUT2D eigenvalue weighted by molar-refractivity contribution is -0.129. The van der Waals surface area contributed by atoms with Gasteiger partial charge < -0.3 is 10.1 Å². The molecular weight excluding hydrogens is 154 g/mol. The molecule has 1 N–H and O–H groups in total. The number of carbonyl (C=O) groups is 1. The van der Waals surface area contributed by atoms with Gasteiger partial charge in [0, 0.05) is 13.2 Å². The summed E-state index contributed by atoms with van der Waals surface area (Å²) < 4.78 is 5.21. The van der Waals surface area contributed by atoms with Crippen molar-refractivity contribution in [1.29, 1.82) is 0 Å². The molecule has 1 amide bonds. The van der Waals surface area contributed by atoms with Gasteiger partial charge in [-0.2, -0.15) is 0 Å². The van der Waals surface area contributed by atoms with Crippen molar-refractivity contribution in [2.24, 2.45) is 0 Å². The largest absolute Gasteiger partial charge is 0.368 e. The first-order valence-electron chi connectivity index (χ1n) is 4.35. The fraction of sp³-hybridized carbons (Fsp3) is 0.667. The molecule has 1 heterocycles. The number of nitrogens with one attached hydrogen (secondary N) is 1. The van der Waals surface area contributed by atoms with Gasteiger partial charge in [0.05, 0.1) is 0 Å². The predicted molar refractivity (Wildman–Crippen MR) is 46.8 cm³/mol. The third-order valence-electron chi connectivity index (χ3n) is 1.87. The van der Waals surface area contributed by atoms with Crippen molar-refractivity contribution in [2.45, 2.75) is 25.4 Å². The summed E-state index contributed by atoms with van der Waals surface area (Å²) >= 11 is 0. The molecule has 1 fully saturated rings. The molecule has 1 aliphatic heterocycles. The summed E-state index contributed by atoms with van der Waals surface area (Å²) in [7, 11) is 0. The standard InChI is InChI=1S/C9H15NO2/c1-2-3-6-10-9(11)8-5-4-7-12-8/h2,8H,1,3-7H2,(H,10,11)/t8-/m1/s1. The van der Waals surface area contributed by atoms with Crippen molar-refractivity contribution >= 4 is 5.91 Å². The summed E-state index contributed by atoms with van der Waals surface area (Å²) in [5, 5.41) is 2.79. The van der Waals surface area contributed by atoms with E-state index in [0.717, 1.165) is 25.9 Å². The summed E-state index contributed by atoms with van der Waals surface area (Å²) in [5.74, 6) is 0.0225. The van der Waals surface area contributed by atoms with E-state index in [1.807, 2.05) is 0 Å². The molecule has 0 radical (unpaired) electrons. The highest BCUT2D eigenvalue weighted by atomic mass is 16.5. The Balaban J connectivity index is 2.14. The topological polar surface area (TPSA) is 38.3 Å². The van der Waals surface area contributed by atoms with Crippen molar-refractivity contribution in [2.75, 3.05) is 13.2 Å². The Morgan fingerprint density at radius 3 is 3.17 bits per heavy atom. The molecule has 0 aromatic carbocycles. The Hall–Kier alpha value is -0.830. The zero-order valence-electron chi connectivity index (χ0n) is 7.21. The molecule has 3 heteroatoms. The number of carbonyl (C=O) groups excluding carboxylic acids is 1. The number of amides is 1. The average Bonchev–Trinajstić information content (AvgIpc) is 2.56. The lowest BCUT2D eigenvalue weighted by Gasteiger charge is -2.08. The van der Waals surface area contributed by atoms with E-state index in [1.54, 1.807) is 6.08 Å². The number of hydrogen-bond acceptors (Lipinski definition) is 2. The van der Waals surface area contributed by atoms with E-state index in [9.17, 15) is 4.79 Å². The lowest BCUT2D eigenvalue weighted by Crippen LogP contribution is -2.34. The number of ether oxygens (including phenoxy) is 1. The van der Waals surface area contributed by atoms with Gasteiger partial charge in [0.1, 0.15) is 6.10 Å². The second kappa shape index (κ2) is 4.93. The van der Waals surface area contributed by atoms with Crippen molar-refractivity contribution < 1.29 is 9.53 Å². The summed E-state index contributed by atoms with van der Waals surface area (Å²) in [6.45, 7) is 4.96. The first kappa shape index (κ1) is 9.26. The molecule has 68 valence electrons. The third-order valence-corrected chi connectivity index (χ3v) is 1.87. The molecule has 0 spiro atoms. The molecule has 0 aliphatic carbocycles. The van der Waals surface area contributed by atoms with Crippen molar-refractivity contribution in [3.8, 4) is 0 Å². The molecule has 1 saturated heterocycles. The van der Waals surface area contributed by atoms with E-state index in [1.165, 1.54) is 0 Å².